The van der Waals surface area contributed by atoms with Gasteiger partial charge in [-0.2, -0.15) is 0 Å². The third kappa shape index (κ3) is 2.80. The second-order valence-corrected chi connectivity index (χ2v) is 13.7. The fourth-order valence-corrected chi connectivity index (χ4v) is 10.7. The van der Waals surface area contributed by atoms with Gasteiger partial charge >= 0.3 is 0 Å². The van der Waals surface area contributed by atoms with Gasteiger partial charge in [0.15, 0.2) is 11.6 Å². The van der Waals surface area contributed by atoms with Crippen LogP contribution in [0.1, 0.15) is 79.1 Å². The summed E-state index contributed by atoms with van der Waals surface area (Å²) >= 11 is 4.03. The third-order valence-electron chi connectivity index (χ3n) is 11.2. The van der Waals surface area contributed by atoms with Crippen LogP contribution in [0.25, 0.3) is 0 Å². The van der Waals surface area contributed by atoms with E-state index in [2.05, 4.69) is 43.6 Å². The molecule has 3 saturated carbocycles. The SMILES string of the molecule is CC1CC[C@@]2(OC1)OC1CC3C4CC(Br)C5=CC(=O)CC[C@]5(C)C4CC[C@]3(C)C1[C@@H]2C. The summed E-state index contributed by atoms with van der Waals surface area (Å²) in [5.41, 5.74) is 1.95. The average molecular weight is 492 g/mol. The second-order valence-electron chi connectivity index (χ2n) is 12.6. The molecule has 5 fully saturated rings. The summed E-state index contributed by atoms with van der Waals surface area (Å²) in [5, 5.41) is 0. The van der Waals surface area contributed by atoms with Gasteiger partial charge in [0.25, 0.3) is 0 Å². The molecule has 0 aromatic carbocycles. The Hall–Kier alpha value is -0.190. The van der Waals surface area contributed by atoms with Gasteiger partial charge in [0.05, 0.1) is 12.7 Å². The smallest absolute Gasteiger partial charge is 0.171 e. The van der Waals surface area contributed by atoms with Crippen LogP contribution in [0, 0.1) is 46.3 Å². The highest BCUT2D eigenvalue weighted by Gasteiger charge is 2.69. The first-order chi connectivity index (χ1) is 14.7. The van der Waals surface area contributed by atoms with Crippen LogP contribution in [0.5, 0.6) is 0 Å². The maximum atomic E-state index is 12.2. The Morgan fingerprint density at radius 1 is 1.06 bits per heavy atom. The van der Waals surface area contributed by atoms with Crippen LogP contribution in [0.15, 0.2) is 11.6 Å². The van der Waals surface area contributed by atoms with Crippen molar-refractivity contribution in [3.05, 3.63) is 11.6 Å². The van der Waals surface area contributed by atoms with Gasteiger partial charge in [0, 0.05) is 23.6 Å². The zero-order chi connectivity index (χ0) is 21.8. The first kappa shape index (κ1) is 21.4. The molecular formula is C27H39BrO3. The molecule has 6 rings (SSSR count). The molecule has 0 N–H and O–H groups in total. The van der Waals surface area contributed by atoms with E-state index in [9.17, 15) is 4.79 Å². The first-order valence-electron chi connectivity index (χ1n) is 12.9. The number of alkyl halides is 1. The zero-order valence-electron chi connectivity index (χ0n) is 19.7. The molecule has 2 saturated heterocycles. The number of ether oxygens (including phenoxy) is 2. The molecule has 1 spiro atoms. The maximum absolute atomic E-state index is 12.2. The average Bonchev–Trinajstić information content (AvgIpc) is 3.17. The highest BCUT2D eigenvalue weighted by molar-refractivity contribution is 9.09. The quantitative estimate of drug-likeness (QED) is 0.374. The molecule has 31 heavy (non-hydrogen) atoms. The summed E-state index contributed by atoms with van der Waals surface area (Å²) in [4.78, 5) is 12.6. The first-order valence-corrected chi connectivity index (χ1v) is 13.8. The van der Waals surface area contributed by atoms with Gasteiger partial charge in [-0.05, 0) is 90.6 Å². The van der Waals surface area contributed by atoms with Crippen molar-refractivity contribution in [2.24, 2.45) is 46.3 Å². The molecule has 4 heteroatoms. The van der Waals surface area contributed by atoms with E-state index in [1.807, 2.05) is 6.08 Å². The van der Waals surface area contributed by atoms with Crippen molar-refractivity contribution in [2.45, 2.75) is 95.8 Å². The number of hydrogen-bond donors (Lipinski definition) is 0. The number of carbonyl (C=O) groups is 1. The van der Waals surface area contributed by atoms with Gasteiger partial charge in [-0.1, -0.05) is 43.6 Å². The largest absolute Gasteiger partial charge is 0.349 e. The van der Waals surface area contributed by atoms with E-state index in [0.29, 0.717) is 45.8 Å². The summed E-state index contributed by atoms with van der Waals surface area (Å²) in [6.07, 6.45) is 11.5. The second kappa shape index (κ2) is 6.92. The van der Waals surface area contributed by atoms with Crippen LogP contribution in [0.3, 0.4) is 0 Å². The number of hydrogen-bond acceptors (Lipinski definition) is 3. The predicted molar refractivity (Wildman–Crippen MR) is 125 cm³/mol. The van der Waals surface area contributed by atoms with Gasteiger partial charge in [0.1, 0.15) is 0 Å². The number of fused-ring (bicyclic) bond motifs is 7. The number of ketones is 1. The van der Waals surface area contributed by atoms with E-state index in [1.165, 1.54) is 37.7 Å². The van der Waals surface area contributed by atoms with Crippen LogP contribution in [-0.2, 0) is 14.3 Å². The lowest BCUT2D eigenvalue weighted by Crippen LogP contribution is -2.54. The van der Waals surface area contributed by atoms with E-state index < -0.39 is 0 Å². The lowest BCUT2D eigenvalue weighted by atomic mass is 9.46. The highest BCUT2D eigenvalue weighted by atomic mass is 79.9. The topological polar surface area (TPSA) is 35.5 Å². The van der Waals surface area contributed by atoms with Crippen molar-refractivity contribution in [1.29, 1.82) is 0 Å². The molecule has 0 aromatic rings. The Kier molecular flexibility index (Phi) is 4.76. The van der Waals surface area contributed by atoms with E-state index in [1.54, 1.807) is 0 Å². The Bertz CT molecular complexity index is 813. The lowest BCUT2D eigenvalue weighted by molar-refractivity contribution is -0.272. The molecule has 0 bridgehead atoms. The number of allylic oxidation sites excluding steroid dienone is 1. The summed E-state index contributed by atoms with van der Waals surface area (Å²) in [5.74, 6) is 3.97. The minimum atomic E-state index is -0.317. The molecule has 172 valence electrons. The Labute approximate surface area is 196 Å². The van der Waals surface area contributed by atoms with Crippen molar-refractivity contribution in [2.75, 3.05) is 6.61 Å². The molecule has 2 heterocycles. The maximum Gasteiger partial charge on any atom is 0.171 e. The van der Waals surface area contributed by atoms with Crippen LogP contribution in [0.2, 0.25) is 0 Å². The third-order valence-corrected chi connectivity index (χ3v) is 12.1. The summed E-state index contributed by atoms with van der Waals surface area (Å²) < 4.78 is 13.4. The predicted octanol–water partition coefficient (Wildman–Crippen LogP) is 6.30. The zero-order valence-corrected chi connectivity index (χ0v) is 21.2. The normalized spacial score (nSPS) is 58.4. The summed E-state index contributed by atoms with van der Waals surface area (Å²) in [6.45, 7) is 10.7. The molecule has 7 unspecified atom stereocenters. The minimum Gasteiger partial charge on any atom is -0.349 e. The molecule has 3 nitrogen and oxygen atoms in total. The van der Waals surface area contributed by atoms with Crippen molar-refractivity contribution < 1.29 is 14.3 Å². The van der Waals surface area contributed by atoms with E-state index in [-0.39, 0.29) is 11.2 Å². The van der Waals surface area contributed by atoms with Gasteiger partial charge in [0.2, 0.25) is 0 Å². The van der Waals surface area contributed by atoms with Gasteiger partial charge < -0.3 is 9.47 Å². The fraction of sp³-hybridized carbons (Fsp3) is 0.889. The number of rotatable bonds is 0. The molecular weight excluding hydrogens is 452 g/mol. The molecule has 0 radical (unpaired) electrons. The Balaban J connectivity index is 1.30. The van der Waals surface area contributed by atoms with Crippen LogP contribution >= 0.6 is 15.9 Å². The summed E-state index contributed by atoms with van der Waals surface area (Å²) in [6, 6.07) is 0. The van der Waals surface area contributed by atoms with E-state index >= 15 is 0 Å². The Morgan fingerprint density at radius 3 is 2.61 bits per heavy atom. The molecule has 11 atom stereocenters. The molecule has 0 aromatic heterocycles. The van der Waals surface area contributed by atoms with Crippen molar-refractivity contribution >= 4 is 21.7 Å². The van der Waals surface area contributed by atoms with Crippen molar-refractivity contribution in [3.63, 3.8) is 0 Å². The number of carbonyl (C=O) groups excluding carboxylic acids is 1. The highest BCUT2D eigenvalue weighted by Crippen LogP contribution is 2.71. The summed E-state index contributed by atoms with van der Waals surface area (Å²) in [7, 11) is 0. The fourth-order valence-electron chi connectivity index (χ4n) is 9.58. The molecule has 4 aliphatic carbocycles. The van der Waals surface area contributed by atoms with Crippen LogP contribution in [0.4, 0.5) is 0 Å². The van der Waals surface area contributed by atoms with Crippen molar-refractivity contribution in [3.8, 4) is 0 Å². The van der Waals surface area contributed by atoms with Gasteiger partial charge in [-0.3, -0.25) is 4.79 Å². The lowest BCUT2D eigenvalue weighted by Gasteiger charge is -2.59. The molecule has 0 amide bonds. The van der Waals surface area contributed by atoms with Crippen LogP contribution in [-0.4, -0.2) is 29.1 Å². The molecule has 6 aliphatic rings. The standard InChI is InChI=1S/C27H39BrO3/c1-15-5-10-27(30-14-15)16(2)24-23(31-27)13-20-18-12-22(28)21-11-17(29)6-8-25(21,3)19(18)7-9-26(20,24)4/h11,15-16,18-20,22-24H,5-10,12-14H2,1-4H3/t15?,16-,18?,19?,20?,22?,23?,24?,25+,26-,27+/m0/s1. The van der Waals surface area contributed by atoms with E-state index in [4.69, 9.17) is 9.47 Å². The monoisotopic (exact) mass is 490 g/mol. The number of halogens is 1. The van der Waals surface area contributed by atoms with Crippen molar-refractivity contribution in [1.82, 2.24) is 0 Å². The van der Waals surface area contributed by atoms with E-state index in [0.717, 1.165) is 37.7 Å². The van der Waals surface area contributed by atoms with Gasteiger partial charge in [-0.15, -0.1) is 0 Å². The van der Waals surface area contributed by atoms with Crippen LogP contribution < -0.4 is 0 Å². The Morgan fingerprint density at radius 2 is 1.87 bits per heavy atom. The minimum absolute atomic E-state index is 0.195. The molecule has 2 aliphatic heterocycles. The van der Waals surface area contributed by atoms with Gasteiger partial charge in [-0.25, -0.2) is 0 Å².